The van der Waals surface area contributed by atoms with Crippen LogP contribution in [0.3, 0.4) is 0 Å². The molecule has 196 valence electrons. The Morgan fingerprint density at radius 2 is 1.84 bits per heavy atom. The van der Waals surface area contributed by atoms with E-state index in [0.29, 0.717) is 34.0 Å². The highest BCUT2D eigenvalue weighted by atomic mass is 35.5. The normalized spacial score (nSPS) is 15.9. The summed E-state index contributed by atoms with van der Waals surface area (Å²) in [5, 5.41) is 11.8. The summed E-state index contributed by atoms with van der Waals surface area (Å²) in [5.74, 6) is 1.83. The van der Waals surface area contributed by atoms with Gasteiger partial charge in [-0.2, -0.15) is 0 Å². The van der Waals surface area contributed by atoms with E-state index in [1.54, 1.807) is 27.7 Å². The molecule has 38 heavy (non-hydrogen) atoms. The number of thiophene rings is 1. The molecule has 1 atom stereocenters. The summed E-state index contributed by atoms with van der Waals surface area (Å²) >= 11 is 15.7. The van der Waals surface area contributed by atoms with E-state index in [0.717, 1.165) is 45.8 Å². The molecule has 5 aromatic rings. The minimum atomic E-state index is 0.0245. The van der Waals surface area contributed by atoms with Crippen LogP contribution in [0.15, 0.2) is 58.5 Å². The maximum atomic E-state index is 14.1. The van der Waals surface area contributed by atoms with Crippen LogP contribution in [0.25, 0.3) is 16.0 Å². The summed E-state index contributed by atoms with van der Waals surface area (Å²) in [4.78, 5) is 16.4. The second-order valence-electron chi connectivity index (χ2n) is 11.0. The quantitative estimate of drug-likeness (QED) is 0.197. The van der Waals surface area contributed by atoms with E-state index in [-0.39, 0.29) is 11.0 Å². The van der Waals surface area contributed by atoms with Crippen LogP contribution < -0.4 is 5.56 Å². The van der Waals surface area contributed by atoms with Gasteiger partial charge in [0.1, 0.15) is 4.83 Å². The number of rotatable bonds is 5. The highest BCUT2D eigenvalue weighted by Crippen LogP contribution is 2.43. The van der Waals surface area contributed by atoms with Gasteiger partial charge in [-0.05, 0) is 59.4 Å². The smallest absolute Gasteiger partial charge is 0.264 e. The van der Waals surface area contributed by atoms with Crippen molar-refractivity contribution in [1.29, 1.82) is 0 Å². The third-order valence-electron chi connectivity index (χ3n) is 7.53. The molecule has 0 radical (unpaired) electrons. The van der Waals surface area contributed by atoms with Crippen LogP contribution in [0.4, 0.5) is 0 Å². The van der Waals surface area contributed by atoms with Crippen molar-refractivity contribution in [2.24, 2.45) is 11.3 Å². The monoisotopic (exact) mass is 582 g/mol. The number of halogens is 2. The lowest BCUT2D eigenvalue weighted by Crippen LogP contribution is -2.27. The highest BCUT2D eigenvalue weighted by molar-refractivity contribution is 7.98. The molecule has 0 N–H and O–H groups in total. The predicted molar refractivity (Wildman–Crippen MR) is 159 cm³/mol. The van der Waals surface area contributed by atoms with E-state index in [4.69, 9.17) is 23.2 Å². The number of nitrogens with zero attached hydrogens (tertiary/aromatic N) is 4. The first kappa shape index (κ1) is 25.9. The molecule has 1 aliphatic carbocycles. The van der Waals surface area contributed by atoms with Gasteiger partial charge in [0.25, 0.3) is 5.56 Å². The van der Waals surface area contributed by atoms with Crippen molar-refractivity contribution < 1.29 is 0 Å². The van der Waals surface area contributed by atoms with Gasteiger partial charge < -0.3 is 0 Å². The fourth-order valence-electron chi connectivity index (χ4n) is 5.31. The first-order valence-corrected chi connectivity index (χ1v) is 15.3. The van der Waals surface area contributed by atoms with Crippen molar-refractivity contribution in [3.8, 4) is 0 Å². The van der Waals surface area contributed by atoms with Crippen molar-refractivity contribution >= 4 is 62.3 Å². The van der Waals surface area contributed by atoms with E-state index < -0.39 is 0 Å². The maximum Gasteiger partial charge on any atom is 0.264 e. The second-order valence-corrected chi connectivity index (χ2v) is 13.9. The zero-order valence-corrected chi connectivity index (χ0v) is 24.6. The van der Waals surface area contributed by atoms with Gasteiger partial charge in [0.2, 0.25) is 5.78 Å². The molecule has 3 aromatic heterocycles. The summed E-state index contributed by atoms with van der Waals surface area (Å²) in [6.45, 7) is 7.40. The van der Waals surface area contributed by atoms with Gasteiger partial charge in [-0.15, -0.1) is 21.5 Å². The first-order chi connectivity index (χ1) is 18.2. The summed E-state index contributed by atoms with van der Waals surface area (Å²) in [7, 11) is 0. The number of aryl methyl sites for hydroxylation is 1. The van der Waals surface area contributed by atoms with Crippen LogP contribution in [-0.2, 0) is 25.1 Å². The third-order valence-corrected chi connectivity index (χ3v) is 10.5. The molecule has 0 fully saturated rings. The topological polar surface area (TPSA) is 52.2 Å². The molecule has 0 aliphatic heterocycles. The summed E-state index contributed by atoms with van der Waals surface area (Å²) in [5.41, 5.74) is 3.58. The van der Waals surface area contributed by atoms with E-state index in [2.05, 4.69) is 35.4 Å². The molecule has 6 rings (SSSR count). The lowest BCUT2D eigenvalue weighted by Gasteiger charge is -2.33. The average Bonchev–Trinajstić information content (AvgIpc) is 3.48. The Morgan fingerprint density at radius 1 is 1.05 bits per heavy atom. The van der Waals surface area contributed by atoms with Crippen molar-refractivity contribution in [2.45, 2.75) is 57.5 Å². The van der Waals surface area contributed by atoms with Crippen LogP contribution in [0.5, 0.6) is 0 Å². The lowest BCUT2D eigenvalue weighted by atomic mass is 9.72. The Balaban J connectivity index is 1.50. The number of hydrogen-bond acceptors (Lipinski definition) is 5. The maximum absolute atomic E-state index is 14.1. The third kappa shape index (κ3) is 4.68. The van der Waals surface area contributed by atoms with Gasteiger partial charge in [-0.1, -0.05) is 92.1 Å². The highest BCUT2D eigenvalue weighted by Gasteiger charge is 2.33. The largest absolute Gasteiger partial charge is 0.272 e. The van der Waals surface area contributed by atoms with Gasteiger partial charge >= 0.3 is 0 Å². The molecule has 3 heterocycles. The second kappa shape index (κ2) is 10.0. The molecule has 0 saturated carbocycles. The molecule has 0 bridgehead atoms. The Morgan fingerprint density at radius 3 is 2.58 bits per heavy atom. The van der Waals surface area contributed by atoms with E-state index in [9.17, 15) is 4.79 Å². The molecular weight excluding hydrogens is 555 g/mol. The molecule has 0 unspecified atom stereocenters. The van der Waals surface area contributed by atoms with Gasteiger partial charge in [0, 0.05) is 10.6 Å². The molecule has 0 saturated heterocycles. The molecule has 0 spiro atoms. The number of thioether (sulfide) groups is 1. The molecule has 0 amide bonds. The standard InChI is InChI=1S/C29H28Cl2N4OS2/c1-29(2,3)19-10-11-20-23(14-19)38-26-24(20)25(36)34(15-17-7-5-4-6-8-17)27-32-33-28(35(26)27)37-16-18-9-12-21(30)22(31)13-18/h4-9,12-13,19H,10-11,14-16H2,1-3H3/t19-/m0/s1. The molecule has 2 aromatic carbocycles. The molecular formula is C29H28Cl2N4OS2. The molecule has 1 aliphatic rings. The summed E-state index contributed by atoms with van der Waals surface area (Å²) in [6, 6.07) is 15.7. The van der Waals surface area contributed by atoms with Crippen molar-refractivity contribution in [3.63, 3.8) is 0 Å². The average molecular weight is 584 g/mol. The Hall–Kier alpha value is -2.32. The van der Waals surface area contributed by atoms with Crippen LogP contribution >= 0.6 is 46.3 Å². The van der Waals surface area contributed by atoms with Crippen molar-refractivity contribution in [2.75, 3.05) is 0 Å². The fraction of sp³-hybridized carbons (Fsp3) is 0.345. The van der Waals surface area contributed by atoms with Crippen LogP contribution in [0, 0.1) is 11.3 Å². The van der Waals surface area contributed by atoms with E-state index in [1.165, 1.54) is 10.4 Å². The molecule has 5 nitrogen and oxygen atoms in total. The van der Waals surface area contributed by atoms with Crippen molar-refractivity contribution in [3.05, 3.63) is 90.5 Å². The van der Waals surface area contributed by atoms with Crippen LogP contribution in [0.2, 0.25) is 10.0 Å². The van der Waals surface area contributed by atoms with Gasteiger partial charge in [0.05, 0.1) is 22.0 Å². The first-order valence-electron chi connectivity index (χ1n) is 12.7. The zero-order valence-electron chi connectivity index (χ0n) is 21.5. The van der Waals surface area contributed by atoms with Crippen LogP contribution in [0.1, 0.15) is 48.8 Å². The minimum absolute atomic E-state index is 0.0245. The number of benzene rings is 2. The summed E-state index contributed by atoms with van der Waals surface area (Å²) < 4.78 is 3.88. The fourth-order valence-corrected chi connectivity index (χ4v) is 7.98. The van der Waals surface area contributed by atoms with Crippen LogP contribution in [-0.4, -0.2) is 19.2 Å². The Bertz CT molecular complexity index is 1720. The number of aromatic nitrogens is 4. The van der Waals surface area contributed by atoms with Crippen molar-refractivity contribution in [1.82, 2.24) is 19.2 Å². The van der Waals surface area contributed by atoms with Gasteiger partial charge in [0.15, 0.2) is 5.16 Å². The Labute approximate surface area is 239 Å². The predicted octanol–water partition coefficient (Wildman–Crippen LogP) is 7.90. The number of fused-ring (bicyclic) bond motifs is 5. The number of hydrogen-bond donors (Lipinski definition) is 0. The Kier molecular flexibility index (Phi) is 6.83. The summed E-state index contributed by atoms with van der Waals surface area (Å²) in [6.07, 6.45) is 3.03. The van der Waals surface area contributed by atoms with Gasteiger partial charge in [-0.3, -0.25) is 9.36 Å². The molecule has 9 heteroatoms. The SMILES string of the molecule is CC(C)(C)[C@H]1CCc2c(sc3c2c(=O)n(Cc2ccccc2)c2nnc(SCc4ccc(Cl)c(Cl)c4)n32)C1. The van der Waals surface area contributed by atoms with E-state index >= 15 is 0 Å². The van der Waals surface area contributed by atoms with E-state index in [1.807, 2.05) is 48.5 Å². The lowest BCUT2D eigenvalue weighted by molar-refractivity contribution is 0.218. The van der Waals surface area contributed by atoms with Gasteiger partial charge in [-0.25, -0.2) is 4.40 Å². The zero-order chi connectivity index (χ0) is 26.6. The minimum Gasteiger partial charge on any atom is -0.272 e.